The van der Waals surface area contributed by atoms with Crippen LogP contribution in [-0.2, 0) is 14.6 Å². The molecule has 0 unspecified atom stereocenters. The van der Waals surface area contributed by atoms with Gasteiger partial charge in [0.15, 0.2) is 5.13 Å². The van der Waals surface area contributed by atoms with Gasteiger partial charge in [-0.2, -0.15) is 0 Å². The highest BCUT2D eigenvalue weighted by Crippen LogP contribution is 2.49. The maximum absolute atomic E-state index is 12.4. The molecular weight excluding hydrogens is 370 g/mol. The van der Waals surface area contributed by atoms with E-state index in [-0.39, 0.29) is 23.5 Å². The zero-order chi connectivity index (χ0) is 18.4. The molecule has 26 heavy (non-hydrogen) atoms. The molecule has 0 radical (unpaired) electrons. The van der Waals surface area contributed by atoms with Crippen LogP contribution in [0.4, 0.5) is 10.8 Å². The molecule has 2 aromatic rings. The summed E-state index contributed by atoms with van der Waals surface area (Å²) in [7, 11) is -3.06. The van der Waals surface area contributed by atoms with Crippen molar-refractivity contribution in [1.29, 1.82) is 0 Å². The zero-order valence-corrected chi connectivity index (χ0v) is 16.5. The molecule has 0 atom stereocenters. The van der Waals surface area contributed by atoms with E-state index in [9.17, 15) is 13.2 Å². The Kier molecular flexibility index (Phi) is 4.43. The van der Waals surface area contributed by atoms with E-state index in [2.05, 4.69) is 15.2 Å². The van der Waals surface area contributed by atoms with Crippen molar-refractivity contribution < 1.29 is 13.2 Å². The largest absolute Gasteiger partial charge is 0.348 e. The molecule has 0 bridgehead atoms. The number of benzene rings is 1. The average molecular weight is 394 g/mol. The fourth-order valence-corrected chi connectivity index (χ4v) is 6.24. The SMILES string of the molecule is CS(=O)(=O)CC1(CC(=O)Nc2ccc3nc(N4CCCC4)sc3c2)CC1. The van der Waals surface area contributed by atoms with Gasteiger partial charge in [0.1, 0.15) is 9.84 Å². The third kappa shape index (κ3) is 4.01. The van der Waals surface area contributed by atoms with Crippen molar-refractivity contribution in [2.45, 2.75) is 32.1 Å². The molecule has 2 aliphatic rings. The minimum absolute atomic E-state index is 0.0977. The first-order valence-electron chi connectivity index (χ1n) is 8.95. The minimum atomic E-state index is -3.06. The molecule has 1 aromatic heterocycles. The van der Waals surface area contributed by atoms with Crippen LogP contribution in [0.1, 0.15) is 32.1 Å². The standard InChI is InChI=1S/C18H23N3O3S2/c1-26(23,24)12-18(6-7-18)11-16(22)19-13-4-5-14-15(10-13)25-17(20-14)21-8-2-3-9-21/h4-5,10H,2-3,6-9,11-12H2,1H3,(H,19,22). The third-order valence-electron chi connectivity index (χ3n) is 5.10. The van der Waals surface area contributed by atoms with E-state index >= 15 is 0 Å². The first kappa shape index (κ1) is 17.7. The van der Waals surface area contributed by atoms with Crippen LogP contribution in [0.3, 0.4) is 0 Å². The number of hydrogen-bond acceptors (Lipinski definition) is 6. The van der Waals surface area contributed by atoms with Gasteiger partial charge < -0.3 is 10.2 Å². The Morgan fingerprint density at radius 1 is 1.31 bits per heavy atom. The van der Waals surface area contributed by atoms with Crippen LogP contribution in [0.5, 0.6) is 0 Å². The van der Waals surface area contributed by atoms with E-state index in [1.165, 1.54) is 19.1 Å². The molecule has 1 aromatic carbocycles. The predicted octanol–water partition coefficient (Wildman–Crippen LogP) is 3.05. The van der Waals surface area contributed by atoms with E-state index in [4.69, 9.17) is 0 Å². The van der Waals surface area contributed by atoms with Crippen LogP contribution < -0.4 is 10.2 Å². The number of rotatable bonds is 6. The molecule has 8 heteroatoms. The Bertz CT molecular complexity index is 942. The summed E-state index contributed by atoms with van der Waals surface area (Å²) in [5.41, 5.74) is 1.34. The number of nitrogens with one attached hydrogen (secondary N) is 1. The number of anilines is 2. The van der Waals surface area contributed by atoms with Gasteiger partial charge in [-0.05, 0) is 49.3 Å². The van der Waals surface area contributed by atoms with Crippen molar-refractivity contribution in [2.24, 2.45) is 5.41 Å². The number of carbonyl (C=O) groups is 1. The van der Waals surface area contributed by atoms with Crippen LogP contribution in [0.25, 0.3) is 10.2 Å². The number of aromatic nitrogens is 1. The van der Waals surface area contributed by atoms with Gasteiger partial charge >= 0.3 is 0 Å². The van der Waals surface area contributed by atoms with Gasteiger partial charge in [-0.15, -0.1) is 0 Å². The van der Waals surface area contributed by atoms with Crippen LogP contribution in [0.15, 0.2) is 18.2 Å². The number of carbonyl (C=O) groups excluding carboxylic acids is 1. The molecule has 1 amide bonds. The van der Waals surface area contributed by atoms with Crippen LogP contribution in [0, 0.1) is 5.41 Å². The maximum atomic E-state index is 12.4. The highest BCUT2D eigenvalue weighted by atomic mass is 32.2. The van der Waals surface area contributed by atoms with Gasteiger partial charge in [-0.25, -0.2) is 13.4 Å². The number of hydrogen-bond donors (Lipinski definition) is 1. The van der Waals surface area contributed by atoms with Gasteiger partial charge in [0, 0.05) is 31.5 Å². The van der Waals surface area contributed by atoms with E-state index < -0.39 is 9.84 Å². The van der Waals surface area contributed by atoms with Crippen molar-refractivity contribution in [3.05, 3.63) is 18.2 Å². The second kappa shape index (κ2) is 6.49. The fourth-order valence-electron chi connectivity index (χ4n) is 3.68. The van der Waals surface area contributed by atoms with Gasteiger partial charge in [-0.1, -0.05) is 11.3 Å². The van der Waals surface area contributed by atoms with Crippen LogP contribution in [0.2, 0.25) is 0 Å². The van der Waals surface area contributed by atoms with Crippen molar-refractivity contribution in [2.75, 3.05) is 35.3 Å². The van der Waals surface area contributed by atoms with Crippen molar-refractivity contribution in [1.82, 2.24) is 4.98 Å². The molecule has 0 spiro atoms. The molecule has 6 nitrogen and oxygen atoms in total. The summed E-state index contributed by atoms with van der Waals surface area (Å²) in [4.78, 5) is 19.4. The predicted molar refractivity (Wildman–Crippen MR) is 106 cm³/mol. The average Bonchev–Trinajstić information content (AvgIpc) is 3.00. The van der Waals surface area contributed by atoms with E-state index in [0.717, 1.165) is 47.0 Å². The van der Waals surface area contributed by atoms with Crippen LogP contribution >= 0.6 is 11.3 Å². The Balaban J connectivity index is 1.44. The van der Waals surface area contributed by atoms with Crippen LogP contribution in [-0.4, -0.2) is 44.4 Å². The normalized spacial score (nSPS) is 19.0. The zero-order valence-electron chi connectivity index (χ0n) is 14.8. The fraction of sp³-hybridized carbons (Fsp3) is 0.556. The molecule has 4 rings (SSSR count). The van der Waals surface area contributed by atoms with Crippen molar-refractivity contribution in [3.63, 3.8) is 0 Å². The molecule has 1 saturated heterocycles. The second-order valence-electron chi connectivity index (χ2n) is 7.67. The molecular formula is C18H23N3O3S2. The summed E-state index contributed by atoms with van der Waals surface area (Å²) in [6.45, 7) is 2.12. The van der Waals surface area contributed by atoms with Gasteiger partial charge in [0.2, 0.25) is 5.91 Å². The lowest BCUT2D eigenvalue weighted by Crippen LogP contribution is -2.23. The lowest BCUT2D eigenvalue weighted by atomic mass is 10.1. The number of sulfone groups is 1. The smallest absolute Gasteiger partial charge is 0.224 e. The quantitative estimate of drug-likeness (QED) is 0.816. The lowest BCUT2D eigenvalue weighted by Gasteiger charge is -2.13. The minimum Gasteiger partial charge on any atom is -0.348 e. The summed E-state index contributed by atoms with van der Waals surface area (Å²) < 4.78 is 24.1. The highest BCUT2D eigenvalue weighted by molar-refractivity contribution is 7.90. The second-order valence-corrected chi connectivity index (χ2v) is 10.8. The van der Waals surface area contributed by atoms with E-state index in [1.807, 2.05) is 18.2 Å². The third-order valence-corrected chi connectivity index (χ3v) is 7.31. The lowest BCUT2D eigenvalue weighted by molar-refractivity contribution is -0.117. The summed E-state index contributed by atoms with van der Waals surface area (Å²) >= 11 is 1.65. The Labute approximate surface area is 157 Å². The summed E-state index contributed by atoms with van der Waals surface area (Å²) in [6, 6.07) is 5.76. The number of nitrogens with zero attached hydrogens (tertiary/aromatic N) is 2. The molecule has 1 saturated carbocycles. The maximum Gasteiger partial charge on any atom is 0.224 e. The number of fused-ring (bicyclic) bond motifs is 1. The molecule has 1 aliphatic heterocycles. The molecule has 1 N–H and O–H groups in total. The number of amides is 1. The number of thiazole rings is 1. The summed E-state index contributed by atoms with van der Waals surface area (Å²) in [6.07, 6.45) is 5.54. The van der Waals surface area contributed by atoms with Crippen molar-refractivity contribution >= 4 is 48.1 Å². The highest BCUT2D eigenvalue weighted by Gasteiger charge is 2.46. The molecule has 1 aliphatic carbocycles. The summed E-state index contributed by atoms with van der Waals surface area (Å²) in [5.74, 6) is -0.0182. The topological polar surface area (TPSA) is 79.4 Å². The first-order valence-corrected chi connectivity index (χ1v) is 11.8. The van der Waals surface area contributed by atoms with Gasteiger partial charge in [0.05, 0.1) is 16.0 Å². The monoisotopic (exact) mass is 393 g/mol. The first-order chi connectivity index (χ1) is 12.3. The van der Waals surface area contributed by atoms with Crippen molar-refractivity contribution in [3.8, 4) is 0 Å². The molecule has 140 valence electrons. The van der Waals surface area contributed by atoms with Gasteiger partial charge in [0.25, 0.3) is 0 Å². The molecule has 2 heterocycles. The Hall–Kier alpha value is -1.67. The Morgan fingerprint density at radius 3 is 2.69 bits per heavy atom. The van der Waals surface area contributed by atoms with E-state index in [0.29, 0.717) is 0 Å². The Morgan fingerprint density at radius 2 is 2.04 bits per heavy atom. The molecule has 2 fully saturated rings. The van der Waals surface area contributed by atoms with Gasteiger partial charge in [-0.3, -0.25) is 4.79 Å². The van der Waals surface area contributed by atoms with E-state index in [1.54, 1.807) is 11.3 Å². The summed E-state index contributed by atoms with van der Waals surface area (Å²) in [5, 5.41) is 3.97.